The number of rotatable bonds is 2. The molecule has 1 aromatic carbocycles. The molecule has 0 radical (unpaired) electrons. The van der Waals surface area contributed by atoms with Crippen molar-refractivity contribution >= 4 is 40.6 Å². The highest BCUT2D eigenvalue weighted by Gasteiger charge is 2.23. The lowest BCUT2D eigenvalue weighted by molar-refractivity contribution is -0.115. The number of carbonyl (C=O) groups is 2. The van der Waals surface area contributed by atoms with Gasteiger partial charge < -0.3 is 9.73 Å². The molecule has 1 aliphatic rings. The topological polar surface area (TPSA) is 71.3 Å². The largest absolute Gasteiger partial charge is 0.457 e. The molecule has 1 aliphatic heterocycles. The van der Waals surface area contributed by atoms with E-state index in [2.05, 4.69) is 33.2 Å². The first-order valence-electron chi connectivity index (χ1n) is 5.81. The van der Waals surface area contributed by atoms with Gasteiger partial charge in [0, 0.05) is 15.2 Å². The standard InChI is InChI=1S/C14H9IN2O3/c15-9-3-1-8(2-4-9)12-6-5-10(20-12)7-11-13(18)17-14(19)16-11/h1-7H,(H2,16,17,18,19)/b11-7+. The summed E-state index contributed by atoms with van der Waals surface area (Å²) in [6, 6.07) is 10.9. The van der Waals surface area contributed by atoms with E-state index in [1.807, 2.05) is 30.3 Å². The Morgan fingerprint density at radius 2 is 1.75 bits per heavy atom. The van der Waals surface area contributed by atoms with Gasteiger partial charge in [-0.1, -0.05) is 12.1 Å². The molecule has 0 unspecified atom stereocenters. The van der Waals surface area contributed by atoms with Gasteiger partial charge in [-0.25, -0.2) is 4.79 Å². The molecule has 1 fully saturated rings. The first-order valence-corrected chi connectivity index (χ1v) is 6.89. The zero-order valence-corrected chi connectivity index (χ0v) is 12.3. The van der Waals surface area contributed by atoms with Crippen molar-refractivity contribution < 1.29 is 14.0 Å². The van der Waals surface area contributed by atoms with Crippen molar-refractivity contribution in [1.29, 1.82) is 0 Å². The molecular weight excluding hydrogens is 371 g/mol. The molecule has 6 heteroatoms. The van der Waals surface area contributed by atoms with Crippen LogP contribution in [0.5, 0.6) is 0 Å². The van der Waals surface area contributed by atoms with Crippen LogP contribution in [0.15, 0.2) is 46.5 Å². The average Bonchev–Trinajstić information content (AvgIpc) is 2.98. The third-order valence-corrected chi connectivity index (χ3v) is 3.48. The van der Waals surface area contributed by atoms with E-state index < -0.39 is 11.9 Å². The number of benzene rings is 1. The normalized spacial score (nSPS) is 16.4. The molecule has 0 spiro atoms. The van der Waals surface area contributed by atoms with Crippen molar-refractivity contribution in [2.24, 2.45) is 0 Å². The fourth-order valence-corrected chi connectivity index (χ4v) is 2.18. The van der Waals surface area contributed by atoms with Crippen LogP contribution >= 0.6 is 22.6 Å². The van der Waals surface area contributed by atoms with Gasteiger partial charge in [0.1, 0.15) is 17.2 Å². The lowest BCUT2D eigenvalue weighted by Gasteiger charge is -1.97. The van der Waals surface area contributed by atoms with E-state index in [0.29, 0.717) is 11.5 Å². The van der Waals surface area contributed by atoms with Crippen LogP contribution in [0.3, 0.4) is 0 Å². The predicted molar refractivity (Wildman–Crippen MR) is 81.5 cm³/mol. The Labute approximate surface area is 128 Å². The van der Waals surface area contributed by atoms with Crippen LogP contribution in [-0.2, 0) is 4.79 Å². The maximum atomic E-state index is 11.4. The van der Waals surface area contributed by atoms with Crippen molar-refractivity contribution in [3.05, 3.63) is 51.4 Å². The summed E-state index contributed by atoms with van der Waals surface area (Å²) in [5, 5.41) is 4.54. The highest BCUT2D eigenvalue weighted by Crippen LogP contribution is 2.24. The molecule has 0 atom stereocenters. The molecule has 2 N–H and O–H groups in total. The van der Waals surface area contributed by atoms with Gasteiger partial charge in [-0.15, -0.1) is 0 Å². The lowest BCUT2D eigenvalue weighted by atomic mass is 10.2. The summed E-state index contributed by atoms with van der Waals surface area (Å²) in [5.41, 5.74) is 1.13. The number of hydrogen-bond donors (Lipinski definition) is 2. The van der Waals surface area contributed by atoms with Gasteiger partial charge >= 0.3 is 6.03 Å². The number of nitrogens with one attached hydrogen (secondary N) is 2. The van der Waals surface area contributed by atoms with Crippen LogP contribution in [0.1, 0.15) is 5.76 Å². The summed E-state index contributed by atoms with van der Waals surface area (Å²) >= 11 is 2.23. The minimum absolute atomic E-state index is 0.179. The van der Waals surface area contributed by atoms with Crippen LogP contribution in [0.2, 0.25) is 0 Å². The second-order valence-electron chi connectivity index (χ2n) is 4.18. The van der Waals surface area contributed by atoms with E-state index in [0.717, 1.165) is 9.13 Å². The third kappa shape index (κ3) is 2.60. The van der Waals surface area contributed by atoms with Crippen molar-refractivity contribution in [2.75, 3.05) is 0 Å². The molecular formula is C14H9IN2O3. The maximum Gasteiger partial charge on any atom is 0.326 e. The second-order valence-corrected chi connectivity index (χ2v) is 5.42. The van der Waals surface area contributed by atoms with Crippen molar-refractivity contribution in [2.45, 2.75) is 0 Å². The van der Waals surface area contributed by atoms with Crippen LogP contribution < -0.4 is 10.6 Å². The lowest BCUT2D eigenvalue weighted by Crippen LogP contribution is -2.22. The van der Waals surface area contributed by atoms with E-state index in [1.54, 1.807) is 6.07 Å². The van der Waals surface area contributed by atoms with Crippen LogP contribution in [-0.4, -0.2) is 11.9 Å². The van der Waals surface area contributed by atoms with Crippen LogP contribution in [0.25, 0.3) is 17.4 Å². The van der Waals surface area contributed by atoms with Gasteiger partial charge in [-0.2, -0.15) is 0 Å². The number of imide groups is 1. The molecule has 100 valence electrons. The summed E-state index contributed by atoms with van der Waals surface area (Å²) in [4.78, 5) is 22.4. The molecule has 5 nitrogen and oxygen atoms in total. The highest BCUT2D eigenvalue weighted by atomic mass is 127. The first kappa shape index (κ1) is 12.9. The molecule has 3 rings (SSSR count). The zero-order chi connectivity index (χ0) is 14.1. The summed E-state index contributed by atoms with van der Waals surface area (Å²) in [7, 11) is 0. The molecule has 20 heavy (non-hydrogen) atoms. The SMILES string of the molecule is O=C1NC(=O)/C(=C\c2ccc(-c3ccc(I)cc3)o2)N1. The van der Waals surface area contributed by atoms with Crippen LogP contribution in [0, 0.1) is 3.57 Å². The first-order chi connectivity index (χ1) is 9.61. The number of carbonyl (C=O) groups excluding carboxylic acids is 2. The van der Waals surface area contributed by atoms with Gasteiger partial charge in [0.25, 0.3) is 5.91 Å². The summed E-state index contributed by atoms with van der Waals surface area (Å²) in [6.07, 6.45) is 1.50. The minimum atomic E-state index is -0.523. The summed E-state index contributed by atoms with van der Waals surface area (Å²) < 4.78 is 6.79. The van der Waals surface area contributed by atoms with E-state index in [1.165, 1.54) is 6.08 Å². The summed E-state index contributed by atoms with van der Waals surface area (Å²) in [5.74, 6) is 0.756. The Hall–Kier alpha value is -2.09. The Kier molecular flexibility index (Phi) is 3.31. The fourth-order valence-electron chi connectivity index (χ4n) is 1.82. The van der Waals surface area contributed by atoms with E-state index in [-0.39, 0.29) is 5.70 Å². The molecule has 0 aliphatic carbocycles. The molecule has 1 saturated heterocycles. The maximum absolute atomic E-state index is 11.4. The number of halogens is 1. The smallest absolute Gasteiger partial charge is 0.326 e. The zero-order valence-electron chi connectivity index (χ0n) is 10.1. The number of urea groups is 1. The quantitative estimate of drug-likeness (QED) is 0.478. The number of furan rings is 1. The van der Waals surface area contributed by atoms with E-state index in [4.69, 9.17) is 4.42 Å². The second kappa shape index (κ2) is 5.12. The van der Waals surface area contributed by atoms with Crippen LogP contribution in [0.4, 0.5) is 4.79 Å². The number of hydrogen-bond acceptors (Lipinski definition) is 3. The Morgan fingerprint density at radius 1 is 1.00 bits per heavy atom. The van der Waals surface area contributed by atoms with Gasteiger partial charge in [-0.3, -0.25) is 10.1 Å². The van der Waals surface area contributed by atoms with Crippen molar-refractivity contribution in [1.82, 2.24) is 10.6 Å². The van der Waals surface area contributed by atoms with E-state index in [9.17, 15) is 9.59 Å². The minimum Gasteiger partial charge on any atom is -0.457 e. The molecule has 0 saturated carbocycles. The predicted octanol–water partition coefficient (Wildman–Crippen LogP) is 2.73. The average molecular weight is 380 g/mol. The molecule has 1 aromatic heterocycles. The molecule has 0 bridgehead atoms. The van der Waals surface area contributed by atoms with Gasteiger partial charge in [0.05, 0.1) is 0 Å². The fraction of sp³-hybridized carbons (Fsp3) is 0. The monoisotopic (exact) mass is 380 g/mol. The molecule has 2 aromatic rings. The Balaban J connectivity index is 1.87. The summed E-state index contributed by atoms with van der Waals surface area (Å²) in [6.45, 7) is 0. The van der Waals surface area contributed by atoms with Crippen molar-refractivity contribution in [3.8, 4) is 11.3 Å². The Bertz CT molecular complexity index is 716. The highest BCUT2D eigenvalue weighted by molar-refractivity contribution is 14.1. The number of amides is 3. The van der Waals surface area contributed by atoms with Gasteiger partial charge in [-0.05, 0) is 46.9 Å². The van der Waals surface area contributed by atoms with Gasteiger partial charge in [0.15, 0.2) is 0 Å². The van der Waals surface area contributed by atoms with E-state index >= 15 is 0 Å². The molecule has 2 heterocycles. The molecule has 3 amide bonds. The van der Waals surface area contributed by atoms with Crippen molar-refractivity contribution in [3.63, 3.8) is 0 Å². The third-order valence-electron chi connectivity index (χ3n) is 2.76. The Morgan fingerprint density at radius 3 is 2.40 bits per heavy atom. The van der Waals surface area contributed by atoms with Gasteiger partial charge in [0.2, 0.25) is 0 Å².